The normalized spacial score (nSPS) is 10.1. The number of amides is 1. The van der Waals surface area contributed by atoms with Gasteiger partial charge in [0.2, 0.25) is 0 Å². The first-order chi connectivity index (χ1) is 8.68. The summed E-state index contributed by atoms with van der Waals surface area (Å²) in [6.45, 7) is 0.0217. The van der Waals surface area contributed by atoms with Crippen molar-refractivity contribution in [3.05, 3.63) is 65.7 Å². The van der Waals surface area contributed by atoms with Crippen LogP contribution in [-0.2, 0) is 6.54 Å². The zero-order valence-electron chi connectivity index (χ0n) is 9.58. The Bertz CT molecular complexity index is 545. The summed E-state index contributed by atoms with van der Waals surface area (Å²) in [6, 6.07) is 9.33. The maximum Gasteiger partial charge on any atom is 0.268 e. The molecule has 0 atom stereocenters. The van der Waals surface area contributed by atoms with Gasteiger partial charge in [-0.2, -0.15) is 0 Å². The van der Waals surface area contributed by atoms with Gasteiger partial charge in [0.1, 0.15) is 5.82 Å². The van der Waals surface area contributed by atoms with Crippen LogP contribution in [0.4, 0.5) is 4.39 Å². The van der Waals surface area contributed by atoms with E-state index in [-0.39, 0.29) is 18.3 Å². The molecule has 0 radical (unpaired) electrons. The lowest BCUT2D eigenvalue weighted by molar-refractivity contribution is 0.0741. The van der Waals surface area contributed by atoms with Crippen molar-refractivity contribution in [2.24, 2.45) is 5.84 Å². The predicted molar refractivity (Wildman–Crippen MR) is 64.7 cm³/mol. The zero-order chi connectivity index (χ0) is 13.0. The Morgan fingerprint density at radius 1 is 1.22 bits per heavy atom. The summed E-state index contributed by atoms with van der Waals surface area (Å²) >= 11 is 0. The number of hydrazine groups is 1. The van der Waals surface area contributed by atoms with Crippen molar-refractivity contribution in [1.82, 2.24) is 9.99 Å². The fraction of sp³-hybridized carbons (Fsp3) is 0.0769. The Balaban J connectivity index is 2.11. The smallest absolute Gasteiger partial charge is 0.268 e. The van der Waals surface area contributed by atoms with Gasteiger partial charge in [-0.25, -0.2) is 10.2 Å². The topological polar surface area (TPSA) is 59.2 Å². The van der Waals surface area contributed by atoms with Crippen molar-refractivity contribution in [3.63, 3.8) is 0 Å². The third-order valence-electron chi connectivity index (χ3n) is 2.49. The lowest BCUT2D eigenvalue weighted by Gasteiger charge is -2.16. The molecular weight excluding hydrogens is 233 g/mol. The minimum absolute atomic E-state index is 0.0217. The molecule has 92 valence electrons. The van der Waals surface area contributed by atoms with Crippen LogP contribution in [0.25, 0.3) is 0 Å². The van der Waals surface area contributed by atoms with E-state index in [1.807, 2.05) is 0 Å². The SMILES string of the molecule is NN(Cc1ccccc1F)C(=O)c1ccncc1. The van der Waals surface area contributed by atoms with E-state index in [2.05, 4.69) is 4.98 Å². The van der Waals surface area contributed by atoms with Gasteiger partial charge < -0.3 is 0 Å². The lowest BCUT2D eigenvalue weighted by Crippen LogP contribution is -2.37. The average Bonchev–Trinajstić information content (AvgIpc) is 2.41. The summed E-state index contributed by atoms with van der Waals surface area (Å²) in [7, 11) is 0. The first-order valence-electron chi connectivity index (χ1n) is 5.38. The molecule has 2 N–H and O–H groups in total. The highest BCUT2D eigenvalue weighted by molar-refractivity contribution is 5.93. The molecule has 18 heavy (non-hydrogen) atoms. The van der Waals surface area contributed by atoms with E-state index in [1.165, 1.54) is 18.5 Å². The lowest BCUT2D eigenvalue weighted by atomic mass is 10.2. The van der Waals surface area contributed by atoms with E-state index in [0.717, 1.165) is 5.01 Å². The number of carbonyl (C=O) groups is 1. The molecule has 0 aliphatic carbocycles. The molecule has 0 aliphatic rings. The molecular formula is C13H12FN3O. The maximum atomic E-state index is 13.4. The summed E-state index contributed by atoms with van der Waals surface area (Å²) in [5, 5.41) is 0.980. The van der Waals surface area contributed by atoms with Crippen LogP contribution in [0.5, 0.6) is 0 Å². The quantitative estimate of drug-likeness (QED) is 0.509. The van der Waals surface area contributed by atoms with E-state index in [1.54, 1.807) is 30.3 Å². The molecule has 1 heterocycles. The van der Waals surface area contributed by atoms with E-state index in [9.17, 15) is 9.18 Å². The molecule has 1 aromatic heterocycles. The third kappa shape index (κ3) is 2.70. The van der Waals surface area contributed by atoms with Crippen LogP contribution in [0.3, 0.4) is 0 Å². The Hall–Kier alpha value is -2.27. The van der Waals surface area contributed by atoms with Gasteiger partial charge in [-0.15, -0.1) is 0 Å². The highest BCUT2D eigenvalue weighted by Gasteiger charge is 2.13. The van der Waals surface area contributed by atoms with Crippen LogP contribution in [-0.4, -0.2) is 15.9 Å². The summed E-state index contributed by atoms with van der Waals surface area (Å²) in [4.78, 5) is 15.7. The molecule has 4 nitrogen and oxygen atoms in total. The van der Waals surface area contributed by atoms with Crippen molar-refractivity contribution >= 4 is 5.91 Å². The van der Waals surface area contributed by atoms with Gasteiger partial charge in [0, 0.05) is 23.5 Å². The van der Waals surface area contributed by atoms with Crippen LogP contribution in [0, 0.1) is 5.82 Å². The Morgan fingerprint density at radius 3 is 2.56 bits per heavy atom. The van der Waals surface area contributed by atoms with Crippen molar-refractivity contribution in [2.45, 2.75) is 6.54 Å². The number of nitrogens with two attached hydrogens (primary N) is 1. The summed E-state index contributed by atoms with van der Waals surface area (Å²) < 4.78 is 13.4. The second-order valence-electron chi connectivity index (χ2n) is 3.76. The number of pyridine rings is 1. The zero-order valence-corrected chi connectivity index (χ0v) is 9.58. The molecule has 2 rings (SSSR count). The fourth-order valence-electron chi connectivity index (χ4n) is 1.54. The molecule has 0 saturated carbocycles. The highest BCUT2D eigenvalue weighted by atomic mass is 19.1. The molecule has 0 spiro atoms. The van der Waals surface area contributed by atoms with Gasteiger partial charge in [0.25, 0.3) is 5.91 Å². The van der Waals surface area contributed by atoms with Crippen LogP contribution in [0.15, 0.2) is 48.8 Å². The molecule has 5 heteroatoms. The van der Waals surface area contributed by atoms with Gasteiger partial charge in [0.05, 0.1) is 6.54 Å². The molecule has 1 aromatic carbocycles. The van der Waals surface area contributed by atoms with Gasteiger partial charge in [-0.3, -0.25) is 14.8 Å². The average molecular weight is 245 g/mol. The van der Waals surface area contributed by atoms with Crippen molar-refractivity contribution in [2.75, 3.05) is 0 Å². The molecule has 0 saturated heterocycles. The molecule has 0 aliphatic heterocycles. The minimum Gasteiger partial charge on any atom is -0.272 e. The van der Waals surface area contributed by atoms with E-state index < -0.39 is 0 Å². The number of halogens is 1. The number of aromatic nitrogens is 1. The molecule has 0 fully saturated rings. The van der Waals surface area contributed by atoms with Gasteiger partial charge in [-0.1, -0.05) is 18.2 Å². The van der Waals surface area contributed by atoms with Gasteiger partial charge in [0.15, 0.2) is 0 Å². The number of rotatable bonds is 3. The monoisotopic (exact) mass is 245 g/mol. The molecule has 0 unspecified atom stereocenters. The standard InChI is InChI=1S/C13H12FN3O/c14-12-4-2-1-3-11(12)9-17(15)13(18)10-5-7-16-8-6-10/h1-8H,9,15H2. The number of hydrogen-bond acceptors (Lipinski definition) is 3. The summed E-state index contributed by atoms with van der Waals surface area (Å²) in [6.07, 6.45) is 3.01. The molecule has 2 aromatic rings. The number of hydrogen-bond donors (Lipinski definition) is 1. The first kappa shape index (κ1) is 12.2. The van der Waals surface area contributed by atoms with E-state index in [0.29, 0.717) is 11.1 Å². The third-order valence-corrected chi connectivity index (χ3v) is 2.49. The Morgan fingerprint density at radius 2 is 1.89 bits per heavy atom. The molecule has 0 bridgehead atoms. The highest BCUT2D eigenvalue weighted by Crippen LogP contribution is 2.10. The van der Waals surface area contributed by atoms with Crippen molar-refractivity contribution < 1.29 is 9.18 Å². The first-order valence-corrected chi connectivity index (χ1v) is 5.38. The second-order valence-corrected chi connectivity index (χ2v) is 3.76. The predicted octanol–water partition coefficient (Wildman–Crippen LogP) is 1.74. The van der Waals surface area contributed by atoms with Crippen LogP contribution < -0.4 is 5.84 Å². The fourth-order valence-corrected chi connectivity index (χ4v) is 1.54. The minimum atomic E-state index is -0.379. The number of nitrogens with zero attached hydrogens (tertiary/aromatic N) is 2. The number of benzene rings is 1. The Kier molecular flexibility index (Phi) is 3.64. The summed E-state index contributed by atoms with van der Waals surface area (Å²) in [5.74, 6) is 4.89. The molecule has 1 amide bonds. The van der Waals surface area contributed by atoms with Gasteiger partial charge >= 0.3 is 0 Å². The number of carbonyl (C=O) groups excluding carboxylic acids is 1. The van der Waals surface area contributed by atoms with Crippen LogP contribution >= 0.6 is 0 Å². The van der Waals surface area contributed by atoms with Crippen molar-refractivity contribution in [1.29, 1.82) is 0 Å². The van der Waals surface area contributed by atoms with E-state index in [4.69, 9.17) is 5.84 Å². The maximum absolute atomic E-state index is 13.4. The Labute approximate surface area is 104 Å². The van der Waals surface area contributed by atoms with Gasteiger partial charge in [-0.05, 0) is 18.2 Å². The van der Waals surface area contributed by atoms with E-state index >= 15 is 0 Å². The van der Waals surface area contributed by atoms with Crippen LogP contribution in [0.2, 0.25) is 0 Å². The summed E-state index contributed by atoms with van der Waals surface area (Å²) in [5.41, 5.74) is 0.797. The largest absolute Gasteiger partial charge is 0.272 e. The second kappa shape index (κ2) is 5.37. The van der Waals surface area contributed by atoms with Crippen molar-refractivity contribution in [3.8, 4) is 0 Å². The van der Waals surface area contributed by atoms with Crippen LogP contribution in [0.1, 0.15) is 15.9 Å².